The molecule has 1 amide bonds. The fourth-order valence-corrected chi connectivity index (χ4v) is 2.60. The number of rotatable bonds is 8. The Balaban J connectivity index is 1.46. The average Bonchev–Trinajstić information content (AvgIpc) is 2.70. The lowest BCUT2D eigenvalue weighted by molar-refractivity contribution is -0.385. The van der Waals surface area contributed by atoms with Gasteiger partial charge in [0, 0.05) is 11.5 Å². The highest BCUT2D eigenvalue weighted by Gasteiger charge is 2.14. The van der Waals surface area contributed by atoms with Gasteiger partial charge in [-0.1, -0.05) is 48.5 Å². The quantitative estimate of drug-likeness (QED) is 0.375. The van der Waals surface area contributed by atoms with E-state index < -0.39 is 4.92 Å². The molecule has 0 heterocycles. The maximum atomic E-state index is 11.9. The van der Waals surface area contributed by atoms with Gasteiger partial charge in [0.1, 0.15) is 12.4 Å². The van der Waals surface area contributed by atoms with Crippen molar-refractivity contribution in [2.45, 2.75) is 0 Å². The van der Waals surface area contributed by atoms with Crippen molar-refractivity contribution in [1.82, 2.24) is 5.32 Å². The largest absolute Gasteiger partial charge is 0.491 e. The summed E-state index contributed by atoms with van der Waals surface area (Å²) in [5, 5.41) is 15.7. The molecule has 0 saturated heterocycles. The van der Waals surface area contributed by atoms with Crippen molar-refractivity contribution in [3.8, 4) is 11.5 Å². The number of hydrogen-bond acceptors (Lipinski definition) is 5. The van der Waals surface area contributed by atoms with Crippen LogP contribution in [0.4, 0.5) is 5.69 Å². The van der Waals surface area contributed by atoms with Crippen LogP contribution in [0, 0.1) is 10.1 Å². The molecule has 0 saturated carbocycles. The summed E-state index contributed by atoms with van der Waals surface area (Å²) in [6, 6.07) is 19.6. The summed E-state index contributed by atoms with van der Waals surface area (Å²) in [6.45, 7) is 0.284. The first-order valence-electron chi connectivity index (χ1n) is 8.38. The number of nitrogens with zero attached hydrogens (tertiary/aromatic N) is 1. The van der Waals surface area contributed by atoms with Crippen LogP contribution in [0.15, 0.2) is 66.7 Å². The number of benzene rings is 3. The predicted molar refractivity (Wildman–Crippen MR) is 101 cm³/mol. The molecule has 0 aliphatic heterocycles. The molecule has 0 atom stereocenters. The summed E-state index contributed by atoms with van der Waals surface area (Å²) in [6.07, 6.45) is 0. The fourth-order valence-electron chi connectivity index (χ4n) is 2.60. The molecule has 3 aromatic rings. The normalized spacial score (nSPS) is 10.4. The number of fused-ring (bicyclic) bond motifs is 1. The van der Waals surface area contributed by atoms with Gasteiger partial charge in [0.25, 0.3) is 5.91 Å². The van der Waals surface area contributed by atoms with Crippen LogP contribution in [0.5, 0.6) is 11.5 Å². The van der Waals surface area contributed by atoms with Crippen molar-refractivity contribution in [1.29, 1.82) is 0 Å². The van der Waals surface area contributed by atoms with Crippen LogP contribution in [-0.4, -0.2) is 30.6 Å². The van der Waals surface area contributed by atoms with Gasteiger partial charge < -0.3 is 14.8 Å². The Morgan fingerprint density at radius 2 is 1.63 bits per heavy atom. The molecule has 7 heteroatoms. The Bertz CT molecular complexity index is 953. The molecule has 0 spiro atoms. The maximum Gasteiger partial charge on any atom is 0.310 e. The minimum absolute atomic E-state index is 0.0599. The Morgan fingerprint density at radius 3 is 2.48 bits per heavy atom. The van der Waals surface area contributed by atoms with Gasteiger partial charge in [0.2, 0.25) is 0 Å². The fraction of sp³-hybridized carbons (Fsp3) is 0.150. The summed E-state index contributed by atoms with van der Waals surface area (Å²) in [4.78, 5) is 22.2. The third-order valence-electron chi connectivity index (χ3n) is 3.85. The number of ether oxygens (including phenoxy) is 2. The highest BCUT2D eigenvalue weighted by atomic mass is 16.6. The van der Waals surface area contributed by atoms with Gasteiger partial charge in [0.15, 0.2) is 12.4 Å². The maximum absolute atomic E-state index is 11.9. The number of amides is 1. The molecule has 1 N–H and O–H groups in total. The standard InChI is InChI=1S/C20H18N2O5/c23-20(14-27-19-10-4-3-9-17(19)22(24)25)21-12-13-26-18-11-5-7-15-6-1-2-8-16(15)18/h1-11H,12-14H2,(H,21,23). The van der Waals surface area contributed by atoms with E-state index in [0.29, 0.717) is 13.2 Å². The van der Waals surface area contributed by atoms with Crippen LogP contribution >= 0.6 is 0 Å². The van der Waals surface area contributed by atoms with E-state index in [1.54, 1.807) is 6.07 Å². The Kier molecular flexibility index (Phi) is 5.84. The summed E-state index contributed by atoms with van der Waals surface area (Å²) in [7, 11) is 0. The van der Waals surface area contributed by atoms with Crippen LogP contribution in [0.3, 0.4) is 0 Å². The third kappa shape index (κ3) is 4.72. The molecular formula is C20H18N2O5. The topological polar surface area (TPSA) is 90.7 Å². The van der Waals surface area contributed by atoms with E-state index in [9.17, 15) is 14.9 Å². The summed E-state index contributed by atoms with van der Waals surface area (Å²) in [5.74, 6) is 0.429. The van der Waals surface area contributed by atoms with Gasteiger partial charge in [-0.3, -0.25) is 14.9 Å². The van der Waals surface area contributed by atoms with Crippen molar-refractivity contribution in [3.05, 3.63) is 76.8 Å². The Hall–Kier alpha value is -3.61. The van der Waals surface area contributed by atoms with Gasteiger partial charge in [-0.2, -0.15) is 0 Å². The Labute approximate surface area is 155 Å². The van der Waals surface area contributed by atoms with Gasteiger partial charge in [-0.15, -0.1) is 0 Å². The number of para-hydroxylation sites is 2. The van der Waals surface area contributed by atoms with Gasteiger partial charge in [-0.25, -0.2) is 0 Å². The van der Waals surface area contributed by atoms with Crippen molar-refractivity contribution in [2.75, 3.05) is 19.8 Å². The van der Waals surface area contributed by atoms with Gasteiger partial charge in [0.05, 0.1) is 11.5 Å². The molecular weight excluding hydrogens is 348 g/mol. The Morgan fingerprint density at radius 1 is 0.926 bits per heavy atom. The zero-order chi connectivity index (χ0) is 19.1. The van der Waals surface area contributed by atoms with E-state index in [-0.39, 0.29) is 24.0 Å². The monoisotopic (exact) mass is 366 g/mol. The zero-order valence-corrected chi connectivity index (χ0v) is 14.5. The number of nitrogens with one attached hydrogen (secondary N) is 1. The molecule has 0 radical (unpaired) electrons. The van der Waals surface area contributed by atoms with Crippen molar-refractivity contribution < 1.29 is 19.2 Å². The first-order chi connectivity index (χ1) is 13.1. The minimum Gasteiger partial charge on any atom is -0.491 e. The van der Waals surface area contributed by atoms with Crippen LogP contribution in [-0.2, 0) is 4.79 Å². The molecule has 3 aromatic carbocycles. The second-order valence-corrected chi connectivity index (χ2v) is 5.69. The van der Waals surface area contributed by atoms with Crippen LogP contribution < -0.4 is 14.8 Å². The summed E-state index contributed by atoms with van der Waals surface area (Å²) >= 11 is 0. The molecule has 0 bridgehead atoms. The van der Waals surface area contributed by atoms with E-state index >= 15 is 0 Å². The highest BCUT2D eigenvalue weighted by Crippen LogP contribution is 2.26. The number of hydrogen-bond donors (Lipinski definition) is 1. The second kappa shape index (κ2) is 8.66. The third-order valence-corrected chi connectivity index (χ3v) is 3.85. The molecule has 27 heavy (non-hydrogen) atoms. The second-order valence-electron chi connectivity index (χ2n) is 5.69. The number of carbonyl (C=O) groups excluding carboxylic acids is 1. The van der Waals surface area contributed by atoms with E-state index in [2.05, 4.69) is 5.32 Å². The molecule has 0 aliphatic carbocycles. The lowest BCUT2D eigenvalue weighted by atomic mass is 10.1. The van der Waals surface area contributed by atoms with E-state index in [1.165, 1.54) is 18.2 Å². The molecule has 0 aromatic heterocycles. The summed E-state index contributed by atoms with van der Waals surface area (Å²) < 4.78 is 11.0. The molecule has 0 aliphatic rings. The van der Waals surface area contributed by atoms with Crippen molar-refractivity contribution in [3.63, 3.8) is 0 Å². The molecule has 0 unspecified atom stereocenters. The first kappa shape index (κ1) is 18.2. The number of carbonyl (C=O) groups is 1. The lowest BCUT2D eigenvalue weighted by Crippen LogP contribution is -2.32. The van der Waals surface area contributed by atoms with Gasteiger partial charge >= 0.3 is 5.69 Å². The average molecular weight is 366 g/mol. The number of nitro groups is 1. The predicted octanol–water partition coefficient (Wildman–Crippen LogP) is 3.32. The zero-order valence-electron chi connectivity index (χ0n) is 14.5. The van der Waals surface area contributed by atoms with Crippen LogP contribution in [0.25, 0.3) is 10.8 Å². The van der Waals surface area contributed by atoms with Crippen LogP contribution in [0.2, 0.25) is 0 Å². The van der Waals surface area contributed by atoms with Crippen molar-refractivity contribution >= 4 is 22.4 Å². The smallest absolute Gasteiger partial charge is 0.310 e. The SMILES string of the molecule is O=C(COc1ccccc1[N+](=O)[O-])NCCOc1cccc2ccccc12. The van der Waals surface area contributed by atoms with Crippen molar-refractivity contribution in [2.24, 2.45) is 0 Å². The molecule has 0 fully saturated rings. The first-order valence-corrected chi connectivity index (χ1v) is 8.38. The number of nitro benzene ring substituents is 1. The van der Waals surface area contributed by atoms with E-state index in [0.717, 1.165) is 16.5 Å². The highest BCUT2D eigenvalue weighted by molar-refractivity contribution is 5.88. The molecule has 138 valence electrons. The van der Waals surface area contributed by atoms with E-state index in [1.807, 2.05) is 42.5 Å². The van der Waals surface area contributed by atoms with E-state index in [4.69, 9.17) is 9.47 Å². The minimum atomic E-state index is -0.550. The van der Waals surface area contributed by atoms with Gasteiger partial charge in [-0.05, 0) is 17.5 Å². The lowest BCUT2D eigenvalue weighted by Gasteiger charge is -2.10. The van der Waals surface area contributed by atoms with Crippen LogP contribution in [0.1, 0.15) is 0 Å². The molecule has 7 nitrogen and oxygen atoms in total. The summed E-state index contributed by atoms with van der Waals surface area (Å²) in [5.41, 5.74) is -0.176. The molecule has 3 rings (SSSR count).